The van der Waals surface area contributed by atoms with Gasteiger partial charge in [-0.3, -0.25) is 9.89 Å². The van der Waals surface area contributed by atoms with E-state index in [1.807, 2.05) is 17.9 Å². The predicted molar refractivity (Wildman–Crippen MR) is 106 cm³/mol. The lowest BCUT2D eigenvalue weighted by Crippen LogP contribution is -2.36. The minimum atomic E-state index is 0.124. The highest BCUT2D eigenvalue weighted by Gasteiger charge is 2.23. The number of hydrogen-bond acceptors (Lipinski definition) is 4. The number of hydrogen-bond donors (Lipinski definition) is 1. The van der Waals surface area contributed by atoms with Crippen LogP contribution in [0.4, 0.5) is 0 Å². The minimum absolute atomic E-state index is 0.124. The van der Waals surface area contributed by atoms with Crippen molar-refractivity contribution in [2.24, 2.45) is 0 Å². The summed E-state index contributed by atoms with van der Waals surface area (Å²) in [5, 5.41) is 7.40. The lowest BCUT2D eigenvalue weighted by molar-refractivity contribution is 0.0723. The molecule has 0 radical (unpaired) electrons. The zero-order valence-corrected chi connectivity index (χ0v) is 16.8. The quantitative estimate of drug-likeness (QED) is 0.841. The number of rotatable bonds is 6. The van der Waals surface area contributed by atoms with Crippen LogP contribution in [0.2, 0.25) is 0 Å². The Kier molecular flexibility index (Phi) is 6.26. The van der Waals surface area contributed by atoms with Crippen molar-refractivity contribution in [1.82, 2.24) is 20.1 Å². The second-order valence-electron chi connectivity index (χ2n) is 7.61. The van der Waals surface area contributed by atoms with E-state index in [2.05, 4.69) is 35.1 Å². The van der Waals surface area contributed by atoms with E-state index in [-0.39, 0.29) is 5.91 Å². The highest BCUT2D eigenvalue weighted by Crippen LogP contribution is 2.31. The lowest BCUT2D eigenvalue weighted by atomic mass is 9.91. The second-order valence-corrected chi connectivity index (χ2v) is 7.61. The van der Waals surface area contributed by atoms with Crippen LogP contribution in [0.5, 0.6) is 0 Å². The van der Waals surface area contributed by atoms with Crippen molar-refractivity contribution >= 4 is 5.91 Å². The van der Waals surface area contributed by atoms with Crippen LogP contribution in [0.15, 0.2) is 12.1 Å². The van der Waals surface area contributed by atoms with Gasteiger partial charge in [-0.2, -0.15) is 5.10 Å². The molecule has 0 saturated carbocycles. The van der Waals surface area contributed by atoms with Gasteiger partial charge in [0.05, 0.1) is 6.61 Å². The number of carbonyl (C=O) groups excluding carboxylic acids is 1. The summed E-state index contributed by atoms with van der Waals surface area (Å²) in [6.45, 7) is 8.63. The normalized spacial score (nSPS) is 14.8. The van der Waals surface area contributed by atoms with Crippen LogP contribution in [-0.4, -0.2) is 52.8 Å². The van der Waals surface area contributed by atoms with Gasteiger partial charge in [-0.1, -0.05) is 19.9 Å². The van der Waals surface area contributed by atoms with Gasteiger partial charge in [0.2, 0.25) is 0 Å². The largest absolute Gasteiger partial charge is 0.384 e. The van der Waals surface area contributed by atoms with E-state index in [1.165, 1.54) is 12.0 Å². The molecule has 1 aromatic heterocycles. The number of H-pyrrole nitrogens is 1. The fraction of sp³-hybridized carbons (Fsp3) is 0.571. The molecule has 6 heteroatoms. The SMILES string of the molecule is COCCc1nc(-c2cc(C(=O)N3CCCCC3)c(C)cc2C(C)C)n[nH]1. The summed E-state index contributed by atoms with van der Waals surface area (Å²) in [6.07, 6.45) is 4.07. The number of amides is 1. The number of ether oxygens (including phenoxy) is 1. The van der Waals surface area contributed by atoms with Crippen molar-refractivity contribution in [3.63, 3.8) is 0 Å². The third-order valence-electron chi connectivity index (χ3n) is 5.21. The molecule has 2 heterocycles. The standard InChI is InChI=1S/C21H30N4O2/c1-14(2)16-12-15(3)17(21(26)25-9-6-5-7-10-25)13-18(16)20-22-19(23-24-20)8-11-27-4/h12-14H,5-11H2,1-4H3,(H,22,23,24). The Labute approximate surface area is 161 Å². The minimum Gasteiger partial charge on any atom is -0.384 e. The zero-order valence-electron chi connectivity index (χ0n) is 16.8. The third-order valence-corrected chi connectivity index (χ3v) is 5.21. The van der Waals surface area contributed by atoms with Crippen molar-refractivity contribution in [1.29, 1.82) is 0 Å². The predicted octanol–water partition coefficient (Wildman–Crippen LogP) is 3.72. The van der Waals surface area contributed by atoms with Crippen LogP contribution in [0.25, 0.3) is 11.4 Å². The topological polar surface area (TPSA) is 71.1 Å². The highest BCUT2D eigenvalue weighted by molar-refractivity contribution is 5.97. The first-order valence-corrected chi connectivity index (χ1v) is 9.85. The van der Waals surface area contributed by atoms with Crippen molar-refractivity contribution in [2.45, 2.75) is 52.4 Å². The number of carbonyl (C=O) groups is 1. The van der Waals surface area contributed by atoms with E-state index in [0.29, 0.717) is 24.8 Å². The zero-order chi connectivity index (χ0) is 19.4. The maximum atomic E-state index is 13.1. The molecule has 2 aromatic rings. The van der Waals surface area contributed by atoms with E-state index in [4.69, 9.17) is 4.74 Å². The maximum absolute atomic E-state index is 13.1. The van der Waals surface area contributed by atoms with Crippen LogP contribution in [0, 0.1) is 6.92 Å². The van der Waals surface area contributed by atoms with Crippen LogP contribution >= 0.6 is 0 Å². The molecule has 1 fully saturated rings. The van der Waals surface area contributed by atoms with E-state index in [9.17, 15) is 4.79 Å². The molecular formula is C21H30N4O2. The van der Waals surface area contributed by atoms with Gasteiger partial charge >= 0.3 is 0 Å². The number of benzene rings is 1. The Morgan fingerprint density at radius 2 is 2.00 bits per heavy atom. The maximum Gasteiger partial charge on any atom is 0.254 e. The fourth-order valence-electron chi connectivity index (χ4n) is 3.63. The Balaban J connectivity index is 1.98. The van der Waals surface area contributed by atoms with Gasteiger partial charge in [0.25, 0.3) is 5.91 Å². The van der Waals surface area contributed by atoms with Crippen LogP contribution in [0.3, 0.4) is 0 Å². The molecule has 1 N–H and O–H groups in total. The number of aromatic nitrogens is 3. The summed E-state index contributed by atoms with van der Waals surface area (Å²) in [6, 6.07) is 4.12. The summed E-state index contributed by atoms with van der Waals surface area (Å²) in [7, 11) is 1.67. The van der Waals surface area contributed by atoms with Gasteiger partial charge in [-0.05, 0) is 49.3 Å². The number of nitrogens with one attached hydrogen (secondary N) is 1. The number of aromatic amines is 1. The van der Waals surface area contributed by atoms with Crippen LogP contribution < -0.4 is 0 Å². The van der Waals surface area contributed by atoms with Crippen molar-refractivity contribution in [3.8, 4) is 11.4 Å². The van der Waals surface area contributed by atoms with Crippen molar-refractivity contribution in [2.75, 3.05) is 26.8 Å². The highest BCUT2D eigenvalue weighted by atomic mass is 16.5. The number of aryl methyl sites for hydroxylation is 1. The number of piperidine rings is 1. The summed E-state index contributed by atoms with van der Waals surface area (Å²) in [5.41, 5.74) is 3.89. The molecular weight excluding hydrogens is 340 g/mol. The Hall–Kier alpha value is -2.21. The summed E-state index contributed by atoms with van der Waals surface area (Å²) in [5.74, 6) is 1.89. The first-order valence-electron chi connectivity index (χ1n) is 9.85. The van der Waals surface area contributed by atoms with E-state index in [1.54, 1.807) is 7.11 Å². The van der Waals surface area contributed by atoms with Crippen LogP contribution in [0.1, 0.15) is 66.3 Å². The number of methoxy groups -OCH3 is 1. The molecule has 0 aliphatic carbocycles. The van der Waals surface area contributed by atoms with Crippen molar-refractivity contribution in [3.05, 3.63) is 34.6 Å². The molecule has 1 aliphatic heterocycles. The molecule has 27 heavy (non-hydrogen) atoms. The van der Waals surface area contributed by atoms with Gasteiger partial charge < -0.3 is 9.64 Å². The first kappa shape index (κ1) is 19.5. The molecule has 0 atom stereocenters. The lowest BCUT2D eigenvalue weighted by Gasteiger charge is -2.28. The van der Waals surface area contributed by atoms with E-state index in [0.717, 1.165) is 48.4 Å². The van der Waals surface area contributed by atoms with E-state index >= 15 is 0 Å². The van der Waals surface area contributed by atoms with Gasteiger partial charge in [0.15, 0.2) is 5.82 Å². The first-order chi connectivity index (χ1) is 13.0. The average Bonchev–Trinajstić information content (AvgIpc) is 3.15. The van der Waals surface area contributed by atoms with Gasteiger partial charge in [0, 0.05) is 37.7 Å². The molecule has 1 aliphatic rings. The molecule has 1 saturated heterocycles. The number of likely N-dealkylation sites (tertiary alicyclic amines) is 1. The average molecular weight is 370 g/mol. The summed E-state index contributed by atoms with van der Waals surface area (Å²) < 4.78 is 5.12. The smallest absolute Gasteiger partial charge is 0.254 e. The molecule has 0 unspecified atom stereocenters. The molecule has 0 spiro atoms. The monoisotopic (exact) mass is 370 g/mol. The van der Waals surface area contributed by atoms with Gasteiger partial charge in [-0.15, -0.1) is 0 Å². The fourth-order valence-corrected chi connectivity index (χ4v) is 3.63. The van der Waals surface area contributed by atoms with Crippen molar-refractivity contribution < 1.29 is 9.53 Å². The summed E-state index contributed by atoms with van der Waals surface area (Å²) in [4.78, 5) is 19.7. The van der Waals surface area contributed by atoms with Gasteiger partial charge in [-0.25, -0.2) is 4.98 Å². The van der Waals surface area contributed by atoms with E-state index < -0.39 is 0 Å². The molecule has 1 amide bonds. The third kappa shape index (κ3) is 4.38. The summed E-state index contributed by atoms with van der Waals surface area (Å²) >= 11 is 0. The Morgan fingerprint density at radius 1 is 1.26 bits per heavy atom. The van der Waals surface area contributed by atoms with Gasteiger partial charge in [0.1, 0.15) is 5.82 Å². The molecule has 6 nitrogen and oxygen atoms in total. The second kappa shape index (κ2) is 8.65. The molecule has 1 aromatic carbocycles. The molecule has 3 rings (SSSR count). The Bertz CT molecular complexity index is 791. The van der Waals surface area contributed by atoms with Crippen LogP contribution in [-0.2, 0) is 11.2 Å². The molecule has 0 bridgehead atoms. The Morgan fingerprint density at radius 3 is 2.67 bits per heavy atom. The molecule has 146 valence electrons. The number of nitrogens with zero attached hydrogens (tertiary/aromatic N) is 3.